The van der Waals surface area contributed by atoms with Crippen LogP contribution >= 0.6 is 0 Å². The molecule has 1 saturated carbocycles. The van der Waals surface area contributed by atoms with Crippen molar-refractivity contribution in [1.29, 1.82) is 0 Å². The van der Waals surface area contributed by atoms with Crippen LogP contribution in [0.5, 0.6) is 0 Å². The molecule has 6 nitrogen and oxygen atoms in total. The number of hydrogen-bond donors (Lipinski definition) is 2. The second-order valence-electron chi connectivity index (χ2n) is 7.39. The molecule has 0 aliphatic heterocycles. The lowest BCUT2D eigenvalue weighted by Crippen LogP contribution is -2.23. The molecule has 3 rings (SSSR count). The number of rotatable bonds is 7. The Morgan fingerprint density at radius 1 is 1.11 bits per heavy atom. The number of anilines is 3. The summed E-state index contributed by atoms with van der Waals surface area (Å²) in [7, 11) is 0. The van der Waals surface area contributed by atoms with E-state index in [1.54, 1.807) is 6.07 Å². The predicted molar refractivity (Wildman–Crippen MR) is 115 cm³/mol. The Labute approximate surface area is 167 Å². The van der Waals surface area contributed by atoms with Crippen molar-refractivity contribution < 1.29 is 4.79 Å². The van der Waals surface area contributed by atoms with Crippen LogP contribution in [0.2, 0.25) is 0 Å². The number of nitrogens with zero attached hydrogens (tertiary/aromatic N) is 3. The van der Waals surface area contributed by atoms with Gasteiger partial charge in [0.1, 0.15) is 17.8 Å². The summed E-state index contributed by atoms with van der Waals surface area (Å²) in [5.41, 5.74) is 3.38. The largest absolute Gasteiger partial charge is 0.372 e. The Hall–Kier alpha value is -2.63. The van der Waals surface area contributed by atoms with E-state index in [1.165, 1.54) is 31.3 Å². The maximum absolute atomic E-state index is 12.7. The lowest BCUT2D eigenvalue weighted by Gasteiger charge is -2.23. The van der Waals surface area contributed by atoms with Crippen LogP contribution in [-0.4, -0.2) is 35.0 Å². The lowest BCUT2D eigenvalue weighted by molar-refractivity contribution is 0.102. The van der Waals surface area contributed by atoms with Gasteiger partial charge in [0, 0.05) is 36.6 Å². The standard InChI is InChI=1S/C22H31N5O/c1-4-27(5-2)18-11-12-19(16(3)13-18)26-22(28)20-14-21(24-15-23-20)25-17-9-7-6-8-10-17/h11-15,17H,4-10H2,1-3H3,(H,26,28)(H,23,24,25). The van der Waals surface area contributed by atoms with E-state index < -0.39 is 0 Å². The Morgan fingerprint density at radius 3 is 2.54 bits per heavy atom. The molecular formula is C22H31N5O. The minimum absolute atomic E-state index is 0.215. The summed E-state index contributed by atoms with van der Waals surface area (Å²) in [6.45, 7) is 8.21. The summed E-state index contributed by atoms with van der Waals surface area (Å²) in [6, 6.07) is 8.30. The Kier molecular flexibility index (Phi) is 6.85. The number of amides is 1. The maximum Gasteiger partial charge on any atom is 0.274 e. The number of nitrogens with one attached hydrogen (secondary N) is 2. The first-order valence-corrected chi connectivity index (χ1v) is 10.4. The van der Waals surface area contributed by atoms with Gasteiger partial charge in [-0.2, -0.15) is 0 Å². The van der Waals surface area contributed by atoms with E-state index in [2.05, 4.69) is 45.4 Å². The third-order valence-electron chi connectivity index (χ3n) is 5.44. The van der Waals surface area contributed by atoms with E-state index in [-0.39, 0.29) is 5.91 Å². The average Bonchev–Trinajstić information content (AvgIpc) is 2.72. The van der Waals surface area contributed by atoms with E-state index in [9.17, 15) is 4.79 Å². The molecule has 6 heteroatoms. The summed E-state index contributed by atoms with van der Waals surface area (Å²) in [5, 5.41) is 6.43. The Morgan fingerprint density at radius 2 is 1.86 bits per heavy atom. The van der Waals surface area contributed by atoms with E-state index >= 15 is 0 Å². The highest BCUT2D eigenvalue weighted by Gasteiger charge is 2.16. The van der Waals surface area contributed by atoms with E-state index in [0.717, 1.165) is 43.0 Å². The van der Waals surface area contributed by atoms with Crippen LogP contribution in [0, 0.1) is 6.92 Å². The number of hydrogen-bond acceptors (Lipinski definition) is 5. The van der Waals surface area contributed by atoms with Crippen LogP contribution < -0.4 is 15.5 Å². The fourth-order valence-electron chi connectivity index (χ4n) is 3.78. The minimum atomic E-state index is -0.215. The van der Waals surface area contributed by atoms with Gasteiger partial charge in [-0.1, -0.05) is 19.3 Å². The SMILES string of the molecule is CCN(CC)c1ccc(NC(=O)c2cc(NC3CCCCC3)ncn2)c(C)c1. The van der Waals surface area contributed by atoms with Gasteiger partial charge >= 0.3 is 0 Å². The number of benzene rings is 1. The van der Waals surface area contributed by atoms with E-state index in [1.807, 2.05) is 19.1 Å². The van der Waals surface area contributed by atoms with Crippen molar-refractivity contribution in [1.82, 2.24) is 9.97 Å². The molecule has 2 N–H and O–H groups in total. The molecule has 2 aromatic rings. The molecule has 28 heavy (non-hydrogen) atoms. The first-order chi connectivity index (χ1) is 13.6. The zero-order valence-corrected chi connectivity index (χ0v) is 17.2. The Bertz CT molecular complexity index is 797. The molecule has 0 saturated heterocycles. The fraction of sp³-hybridized carbons (Fsp3) is 0.500. The molecule has 1 aromatic carbocycles. The molecule has 1 fully saturated rings. The van der Waals surface area contributed by atoms with E-state index in [0.29, 0.717) is 11.7 Å². The molecule has 0 spiro atoms. The fourth-order valence-corrected chi connectivity index (χ4v) is 3.78. The van der Waals surface area contributed by atoms with Gasteiger partial charge in [0.05, 0.1) is 0 Å². The number of aromatic nitrogens is 2. The molecule has 1 amide bonds. The van der Waals surface area contributed by atoms with Gasteiger partial charge < -0.3 is 15.5 Å². The van der Waals surface area contributed by atoms with E-state index in [4.69, 9.17) is 0 Å². The van der Waals surface area contributed by atoms with Crippen molar-refractivity contribution in [2.45, 2.75) is 58.9 Å². The molecule has 1 aromatic heterocycles. The van der Waals surface area contributed by atoms with Crippen molar-refractivity contribution in [2.24, 2.45) is 0 Å². The van der Waals surface area contributed by atoms with Gasteiger partial charge in [-0.25, -0.2) is 9.97 Å². The number of aryl methyl sites for hydroxylation is 1. The highest BCUT2D eigenvalue weighted by Crippen LogP contribution is 2.24. The van der Waals surface area contributed by atoms with Crippen molar-refractivity contribution in [3.8, 4) is 0 Å². The second kappa shape index (κ2) is 9.53. The molecule has 150 valence electrons. The van der Waals surface area contributed by atoms with Crippen LogP contribution in [0.3, 0.4) is 0 Å². The highest BCUT2D eigenvalue weighted by atomic mass is 16.1. The van der Waals surface area contributed by atoms with Gasteiger partial charge in [0.2, 0.25) is 0 Å². The van der Waals surface area contributed by atoms with Crippen LogP contribution in [0.15, 0.2) is 30.6 Å². The van der Waals surface area contributed by atoms with Crippen molar-refractivity contribution in [3.63, 3.8) is 0 Å². The predicted octanol–water partition coefficient (Wildman–Crippen LogP) is 4.63. The molecule has 1 heterocycles. The van der Waals surface area contributed by atoms with Crippen molar-refractivity contribution in [2.75, 3.05) is 28.6 Å². The molecule has 1 aliphatic carbocycles. The van der Waals surface area contributed by atoms with Crippen LogP contribution in [0.1, 0.15) is 62.0 Å². The quantitative estimate of drug-likeness (QED) is 0.732. The van der Waals surface area contributed by atoms with Crippen molar-refractivity contribution >= 4 is 23.1 Å². The molecule has 0 atom stereocenters. The summed E-state index contributed by atoms with van der Waals surface area (Å²) >= 11 is 0. The zero-order chi connectivity index (χ0) is 19.9. The second-order valence-corrected chi connectivity index (χ2v) is 7.39. The minimum Gasteiger partial charge on any atom is -0.372 e. The summed E-state index contributed by atoms with van der Waals surface area (Å²) in [5.74, 6) is 0.508. The molecule has 1 aliphatic rings. The first-order valence-electron chi connectivity index (χ1n) is 10.4. The first kappa shape index (κ1) is 20.1. The average molecular weight is 382 g/mol. The van der Waals surface area contributed by atoms with Crippen LogP contribution in [-0.2, 0) is 0 Å². The molecule has 0 radical (unpaired) electrons. The summed E-state index contributed by atoms with van der Waals surface area (Å²) in [4.78, 5) is 23.4. The van der Waals surface area contributed by atoms with Crippen LogP contribution in [0.4, 0.5) is 17.2 Å². The smallest absolute Gasteiger partial charge is 0.274 e. The van der Waals surface area contributed by atoms with Gasteiger partial charge in [0.15, 0.2) is 0 Å². The molecular weight excluding hydrogens is 350 g/mol. The third kappa shape index (κ3) is 5.00. The van der Waals surface area contributed by atoms with Gasteiger partial charge in [-0.3, -0.25) is 4.79 Å². The lowest BCUT2D eigenvalue weighted by atomic mass is 9.95. The third-order valence-corrected chi connectivity index (χ3v) is 5.44. The van der Waals surface area contributed by atoms with Gasteiger partial charge in [0.25, 0.3) is 5.91 Å². The number of carbonyl (C=O) groups excluding carboxylic acids is 1. The number of carbonyl (C=O) groups is 1. The highest BCUT2D eigenvalue weighted by molar-refractivity contribution is 6.03. The monoisotopic (exact) mass is 381 g/mol. The normalized spacial score (nSPS) is 14.5. The molecule has 0 unspecified atom stereocenters. The van der Waals surface area contributed by atoms with Gasteiger partial charge in [-0.15, -0.1) is 0 Å². The van der Waals surface area contributed by atoms with Crippen molar-refractivity contribution in [3.05, 3.63) is 41.9 Å². The topological polar surface area (TPSA) is 70.2 Å². The molecule has 0 bridgehead atoms. The maximum atomic E-state index is 12.7. The summed E-state index contributed by atoms with van der Waals surface area (Å²) < 4.78 is 0. The van der Waals surface area contributed by atoms with Crippen LogP contribution in [0.25, 0.3) is 0 Å². The Balaban J connectivity index is 1.68. The zero-order valence-electron chi connectivity index (χ0n) is 17.2. The van der Waals surface area contributed by atoms with Gasteiger partial charge in [-0.05, 0) is 57.4 Å². The summed E-state index contributed by atoms with van der Waals surface area (Å²) in [6.07, 6.45) is 7.57.